The summed E-state index contributed by atoms with van der Waals surface area (Å²) in [6.45, 7) is 6.47. The van der Waals surface area contributed by atoms with Crippen LogP contribution in [0.15, 0.2) is 0 Å². The van der Waals surface area contributed by atoms with Crippen LogP contribution in [-0.2, 0) is 13.0 Å². The number of rotatable bonds is 5. The van der Waals surface area contributed by atoms with Crippen LogP contribution in [0, 0.1) is 11.8 Å². The van der Waals surface area contributed by atoms with Gasteiger partial charge < -0.3 is 13.0 Å². The molecule has 0 amide bonds. The van der Waals surface area contributed by atoms with Gasteiger partial charge in [0.15, 0.2) is 0 Å². The van der Waals surface area contributed by atoms with Crippen LogP contribution < -0.4 is 0 Å². The maximum Gasteiger partial charge on any atom is 0.329 e. The number of hydrogen-bond acceptors (Lipinski definition) is 3. The molecule has 0 aromatic rings. The van der Waals surface area contributed by atoms with Crippen molar-refractivity contribution in [1.82, 2.24) is 0 Å². The second kappa shape index (κ2) is 4.77. The Labute approximate surface area is 107 Å². The largest absolute Gasteiger partial charge is 0.415 e. The quantitative estimate of drug-likeness (QED) is 0.720. The molecule has 4 unspecified atom stereocenters. The van der Waals surface area contributed by atoms with Crippen molar-refractivity contribution in [3.05, 3.63) is 0 Å². The Bertz CT molecular complexity index is 285. The van der Waals surface area contributed by atoms with Gasteiger partial charge in [-0.2, -0.15) is 0 Å². The van der Waals surface area contributed by atoms with Gasteiger partial charge in [-0.25, -0.2) is 0 Å². The van der Waals surface area contributed by atoms with E-state index in [1.807, 2.05) is 7.11 Å². The Balaban J connectivity index is 2.09. The van der Waals surface area contributed by atoms with E-state index in [-0.39, 0.29) is 0 Å². The van der Waals surface area contributed by atoms with Crippen molar-refractivity contribution in [3.8, 4) is 0 Å². The molecule has 0 aromatic heterocycles. The lowest BCUT2D eigenvalue weighted by atomic mass is 10.0. The molecule has 2 saturated carbocycles. The summed E-state index contributed by atoms with van der Waals surface area (Å²) >= 11 is 0. The molecule has 0 aliphatic heterocycles. The summed E-state index contributed by atoms with van der Waals surface area (Å²) in [7, 11) is -0.462. The number of hydrogen-bond donors (Lipinski definition) is 0. The highest BCUT2D eigenvalue weighted by molar-refractivity contribution is 6.80. The van der Waals surface area contributed by atoms with E-state index in [0.29, 0.717) is 5.54 Å². The Morgan fingerprint density at radius 3 is 2.06 bits per heavy atom. The lowest BCUT2D eigenvalue weighted by Gasteiger charge is -2.40. The zero-order chi connectivity index (χ0) is 12.7. The second-order valence-electron chi connectivity index (χ2n) is 6.21. The predicted octanol–water partition coefficient (Wildman–Crippen LogP) is 3.26. The molecule has 100 valence electrons. The van der Waals surface area contributed by atoms with Gasteiger partial charge in [0.2, 0.25) is 0 Å². The van der Waals surface area contributed by atoms with Gasteiger partial charge in [0.1, 0.15) is 0 Å². The van der Waals surface area contributed by atoms with E-state index < -0.39 is 17.1 Å². The zero-order valence-corrected chi connectivity index (χ0v) is 13.8. The molecule has 2 aliphatic rings. The highest BCUT2D eigenvalue weighted by Gasteiger charge is 2.54. The van der Waals surface area contributed by atoms with E-state index in [1.54, 1.807) is 7.11 Å². The summed E-state index contributed by atoms with van der Waals surface area (Å²) < 4.78 is 17.8. The molecule has 2 rings (SSSR count). The van der Waals surface area contributed by atoms with Gasteiger partial charge >= 0.3 is 17.1 Å². The monoisotopic (exact) mass is 274 g/mol. The first-order chi connectivity index (χ1) is 7.90. The highest BCUT2D eigenvalue weighted by Crippen LogP contribution is 2.56. The smallest absolute Gasteiger partial charge is 0.329 e. The van der Waals surface area contributed by atoms with Gasteiger partial charge in [-0.05, 0) is 44.3 Å². The van der Waals surface area contributed by atoms with Gasteiger partial charge in [0.05, 0.1) is 0 Å². The van der Waals surface area contributed by atoms with Gasteiger partial charge in [-0.1, -0.05) is 12.8 Å². The van der Waals surface area contributed by atoms with Crippen molar-refractivity contribution >= 4 is 17.1 Å². The van der Waals surface area contributed by atoms with Crippen LogP contribution in [0.4, 0.5) is 0 Å². The van der Waals surface area contributed by atoms with Crippen LogP contribution in [0.25, 0.3) is 0 Å². The van der Waals surface area contributed by atoms with Crippen LogP contribution >= 0.6 is 0 Å². The summed E-state index contributed by atoms with van der Waals surface area (Å²) in [5, 5.41) is 0. The molecule has 0 heterocycles. The van der Waals surface area contributed by atoms with E-state index in [0.717, 1.165) is 11.8 Å². The fourth-order valence-corrected chi connectivity index (χ4v) is 11.1. The Hall–Kier alpha value is 0.314. The molecule has 2 bridgehead atoms. The molecule has 0 spiro atoms. The molecule has 0 aromatic carbocycles. The minimum Gasteiger partial charge on any atom is -0.415 e. The fourth-order valence-electron chi connectivity index (χ4n) is 3.69. The summed E-state index contributed by atoms with van der Waals surface area (Å²) in [5.74, 6) is 1.81. The normalized spacial score (nSPS) is 36.2. The Morgan fingerprint density at radius 1 is 0.941 bits per heavy atom. The van der Waals surface area contributed by atoms with E-state index in [4.69, 9.17) is 13.0 Å². The zero-order valence-electron chi connectivity index (χ0n) is 11.8. The predicted molar refractivity (Wildman–Crippen MR) is 73.4 cm³/mol. The second-order valence-corrected chi connectivity index (χ2v) is 13.4. The van der Waals surface area contributed by atoms with Gasteiger partial charge in [-0.3, -0.25) is 0 Å². The average Bonchev–Trinajstić information content (AvgIpc) is 2.90. The Kier molecular flexibility index (Phi) is 3.86. The minimum absolute atomic E-state index is 0.688. The SMILES string of the molecule is CO[Si](C)(C)O[Si](C)(OC)C1CC2CCC1C2. The topological polar surface area (TPSA) is 27.7 Å². The molecule has 0 saturated heterocycles. The van der Waals surface area contributed by atoms with Crippen molar-refractivity contribution in [2.24, 2.45) is 11.8 Å². The van der Waals surface area contributed by atoms with Gasteiger partial charge in [0, 0.05) is 19.8 Å². The molecular formula is C12H26O3Si2. The molecule has 2 fully saturated rings. The minimum atomic E-state index is -2.06. The molecule has 2 aliphatic carbocycles. The third-order valence-electron chi connectivity index (χ3n) is 4.76. The van der Waals surface area contributed by atoms with Crippen LogP contribution in [0.2, 0.25) is 25.2 Å². The maximum atomic E-state index is 6.39. The highest BCUT2D eigenvalue weighted by atomic mass is 28.5. The van der Waals surface area contributed by atoms with Crippen molar-refractivity contribution < 1.29 is 13.0 Å². The molecule has 17 heavy (non-hydrogen) atoms. The van der Waals surface area contributed by atoms with Gasteiger partial charge in [0.25, 0.3) is 0 Å². The Morgan fingerprint density at radius 2 is 1.65 bits per heavy atom. The van der Waals surface area contributed by atoms with Crippen LogP contribution in [0.3, 0.4) is 0 Å². The first-order valence-electron chi connectivity index (χ1n) is 6.70. The lowest BCUT2D eigenvalue weighted by molar-refractivity contribution is 0.223. The fraction of sp³-hybridized carbons (Fsp3) is 1.00. The molecular weight excluding hydrogens is 248 g/mol. The summed E-state index contributed by atoms with van der Waals surface area (Å²) in [6.07, 6.45) is 5.56. The van der Waals surface area contributed by atoms with Gasteiger partial charge in [-0.15, -0.1) is 0 Å². The number of fused-ring (bicyclic) bond motifs is 2. The van der Waals surface area contributed by atoms with Crippen LogP contribution in [0.5, 0.6) is 0 Å². The van der Waals surface area contributed by atoms with E-state index in [1.165, 1.54) is 25.7 Å². The van der Waals surface area contributed by atoms with Crippen molar-refractivity contribution in [2.75, 3.05) is 14.2 Å². The molecule has 0 N–H and O–H groups in total. The molecule has 4 atom stereocenters. The van der Waals surface area contributed by atoms with Crippen molar-refractivity contribution in [1.29, 1.82) is 0 Å². The third kappa shape index (κ3) is 2.68. The van der Waals surface area contributed by atoms with Crippen LogP contribution in [-0.4, -0.2) is 31.3 Å². The first-order valence-corrected chi connectivity index (χ1v) is 11.9. The summed E-state index contributed by atoms with van der Waals surface area (Å²) in [6, 6.07) is 0. The molecule has 5 heteroatoms. The van der Waals surface area contributed by atoms with E-state index >= 15 is 0 Å². The standard InChI is InChI=1S/C12H26O3Si2/c1-13-16(3,4)15-17(5,14-2)12-9-10-6-7-11(12)8-10/h10-12H,6-9H2,1-5H3. The van der Waals surface area contributed by atoms with E-state index in [9.17, 15) is 0 Å². The van der Waals surface area contributed by atoms with Crippen molar-refractivity contribution in [3.63, 3.8) is 0 Å². The van der Waals surface area contributed by atoms with E-state index in [2.05, 4.69) is 19.6 Å². The van der Waals surface area contributed by atoms with Crippen molar-refractivity contribution in [2.45, 2.75) is 50.9 Å². The lowest BCUT2D eigenvalue weighted by Crippen LogP contribution is -2.53. The average molecular weight is 275 g/mol. The summed E-state index contributed by atoms with van der Waals surface area (Å²) in [4.78, 5) is 0. The molecule has 3 nitrogen and oxygen atoms in total. The summed E-state index contributed by atoms with van der Waals surface area (Å²) in [5.41, 5.74) is 0.688. The maximum absolute atomic E-state index is 6.39. The first kappa shape index (κ1) is 13.7. The third-order valence-corrected chi connectivity index (χ3v) is 12.2. The van der Waals surface area contributed by atoms with Crippen LogP contribution in [0.1, 0.15) is 25.7 Å². The molecule has 0 radical (unpaired) electrons.